The van der Waals surface area contributed by atoms with E-state index in [1.807, 2.05) is 4.72 Å². The average molecular weight is 241 g/mol. The molecule has 0 aliphatic carbocycles. The highest BCUT2D eigenvalue weighted by Gasteiger charge is 2.22. The van der Waals surface area contributed by atoms with Crippen molar-refractivity contribution in [3.8, 4) is 0 Å². The summed E-state index contributed by atoms with van der Waals surface area (Å²) in [5.41, 5.74) is 0. The molecule has 3 N–H and O–H groups in total. The number of carbonyl (C=O) groups is 1. The third kappa shape index (κ3) is 6.39. The molecule has 8 heteroatoms. The molecular formula is C7H15NO6S. The average Bonchev–Trinajstić information content (AvgIpc) is 2.14. The van der Waals surface area contributed by atoms with Crippen molar-refractivity contribution in [1.29, 1.82) is 0 Å². The molecule has 0 aromatic heterocycles. The van der Waals surface area contributed by atoms with Crippen LogP contribution in [0, 0.1) is 0 Å². The molecular weight excluding hydrogens is 226 g/mol. The first-order valence-corrected chi connectivity index (χ1v) is 5.99. The molecule has 0 spiro atoms. The molecule has 0 amide bonds. The molecule has 0 aliphatic heterocycles. The number of rotatable bonds is 8. The van der Waals surface area contributed by atoms with Gasteiger partial charge in [0.25, 0.3) is 0 Å². The van der Waals surface area contributed by atoms with Gasteiger partial charge in [-0.2, -0.15) is 4.72 Å². The standard InChI is InChI=1S/C7H15NO6S/c1-2-14-3-4-15(12,13)8-6(5-9)7(10)11/h6,8-9H,2-5H2,1H3,(H,10,11)/t6-/m1/s1. The second-order valence-electron chi connectivity index (χ2n) is 2.71. The highest BCUT2D eigenvalue weighted by Crippen LogP contribution is 1.91. The molecule has 0 aromatic carbocycles. The number of hydrogen-bond donors (Lipinski definition) is 3. The number of aliphatic carboxylic acids is 1. The number of hydrogen-bond acceptors (Lipinski definition) is 5. The van der Waals surface area contributed by atoms with Crippen LogP contribution < -0.4 is 4.72 Å². The fraction of sp³-hybridized carbons (Fsp3) is 0.857. The van der Waals surface area contributed by atoms with E-state index in [2.05, 4.69) is 0 Å². The lowest BCUT2D eigenvalue weighted by molar-refractivity contribution is -0.139. The largest absolute Gasteiger partial charge is 0.480 e. The van der Waals surface area contributed by atoms with Crippen molar-refractivity contribution in [2.75, 3.05) is 25.6 Å². The number of carboxylic acids is 1. The van der Waals surface area contributed by atoms with Crippen LogP contribution in [0.4, 0.5) is 0 Å². The normalized spacial score (nSPS) is 13.7. The SMILES string of the molecule is CCOCCS(=O)(=O)N[C@H](CO)C(=O)O. The smallest absolute Gasteiger partial charge is 0.324 e. The van der Waals surface area contributed by atoms with Gasteiger partial charge in [-0.05, 0) is 6.92 Å². The quantitative estimate of drug-likeness (QED) is 0.440. The van der Waals surface area contributed by atoms with E-state index in [-0.39, 0.29) is 12.4 Å². The molecule has 15 heavy (non-hydrogen) atoms. The zero-order chi connectivity index (χ0) is 11.9. The van der Waals surface area contributed by atoms with Gasteiger partial charge in [-0.3, -0.25) is 4.79 Å². The molecule has 0 fully saturated rings. The zero-order valence-electron chi connectivity index (χ0n) is 8.34. The van der Waals surface area contributed by atoms with E-state index in [4.69, 9.17) is 14.9 Å². The number of aliphatic hydroxyl groups is 1. The van der Waals surface area contributed by atoms with Crippen molar-refractivity contribution in [3.63, 3.8) is 0 Å². The Morgan fingerprint density at radius 1 is 1.53 bits per heavy atom. The van der Waals surface area contributed by atoms with E-state index in [0.717, 1.165) is 0 Å². The summed E-state index contributed by atoms with van der Waals surface area (Å²) < 4.78 is 29.1. The molecule has 0 radical (unpaired) electrons. The summed E-state index contributed by atoms with van der Waals surface area (Å²) in [5, 5.41) is 17.1. The number of carboxylic acid groups (broad SMARTS) is 1. The zero-order valence-corrected chi connectivity index (χ0v) is 9.16. The van der Waals surface area contributed by atoms with E-state index in [9.17, 15) is 13.2 Å². The molecule has 0 bridgehead atoms. The maximum atomic E-state index is 11.2. The van der Waals surface area contributed by atoms with E-state index < -0.39 is 28.6 Å². The summed E-state index contributed by atoms with van der Waals surface area (Å²) in [6.45, 7) is 1.30. The second-order valence-corrected chi connectivity index (χ2v) is 4.58. The Hall–Kier alpha value is -0.700. The Bertz CT molecular complexity index is 288. The lowest BCUT2D eigenvalue weighted by Gasteiger charge is -2.11. The number of sulfonamides is 1. The monoisotopic (exact) mass is 241 g/mol. The van der Waals surface area contributed by atoms with Crippen molar-refractivity contribution >= 4 is 16.0 Å². The fourth-order valence-corrected chi connectivity index (χ4v) is 1.82. The first kappa shape index (κ1) is 14.3. The van der Waals surface area contributed by atoms with E-state index in [0.29, 0.717) is 6.61 Å². The van der Waals surface area contributed by atoms with Crippen molar-refractivity contribution in [2.24, 2.45) is 0 Å². The Morgan fingerprint density at radius 2 is 2.13 bits per heavy atom. The van der Waals surface area contributed by atoms with Crippen molar-refractivity contribution in [3.05, 3.63) is 0 Å². The third-order valence-electron chi connectivity index (χ3n) is 1.50. The van der Waals surface area contributed by atoms with Crippen LogP contribution in [0.15, 0.2) is 0 Å². The van der Waals surface area contributed by atoms with Gasteiger partial charge in [-0.15, -0.1) is 0 Å². The van der Waals surface area contributed by atoms with E-state index >= 15 is 0 Å². The minimum absolute atomic E-state index is 0.0103. The summed E-state index contributed by atoms with van der Waals surface area (Å²) in [6, 6.07) is -1.50. The molecule has 90 valence electrons. The van der Waals surface area contributed by atoms with Crippen LogP contribution in [0.2, 0.25) is 0 Å². The van der Waals surface area contributed by atoms with Gasteiger partial charge >= 0.3 is 5.97 Å². The molecule has 0 saturated heterocycles. The molecule has 0 aliphatic rings. The van der Waals surface area contributed by atoms with Crippen molar-refractivity contribution < 1.29 is 28.2 Å². The van der Waals surface area contributed by atoms with Gasteiger partial charge in [0.2, 0.25) is 10.0 Å². The molecule has 0 saturated carbocycles. The molecule has 7 nitrogen and oxygen atoms in total. The number of aliphatic hydroxyl groups excluding tert-OH is 1. The molecule has 1 atom stereocenters. The lowest BCUT2D eigenvalue weighted by Crippen LogP contribution is -2.44. The third-order valence-corrected chi connectivity index (χ3v) is 2.85. The maximum absolute atomic E-state index is 11.2. The van der Waals surface area contributed by atoms with Crippen LogP contribution in [0.3, 0.4) is 0 Å². The minimum atomic E-state index is -3.73. The van der Waals surface area contributed by atoms with Crippen LogP contribution in [0.25, 0.3) is 0 Å². The Labute approximate surface area is 88.1 Å². The minimum Gasteiger partial charge on any atom is -0.480 e. The van der Waals surface area contributed by atoms with Gasteiger partial charge in [-0.25, -0.2) is 8.42 Å². The number of nitrogens with one attached hydrogen (secondary N) is 1. The van der Waals surface area contributed by atoms with Crippen LogP contribution >= 0.6 is 0 Å². The summed E-state index contributed by atoms with van der Waals surface area (Å²) in [5.74, 6) is -1.75. The topological polar surface area (TPSA) is 113 Å². The second kappa shape index (κ2) is 6.72. The van der Waals surface area contributed by atoms with Crippen LogP contribution in [-0.2, 0) is 19.6 Å². The first-order chi connectivity index (χ1) is 6.93. The predicted molar refractivity (Wildman–Crippen MR) is 51.9 cm³/mol. The molecule has 0 rings (SSSR count). The van der Waals surface area contributed by atoms with Gasteiger partial charge in [0.05, 0.1) is 19.0 Å². The van der Waals surface area contributed by atoms with E-state index in [1.165, 1.54) is 0 Å². The summed E-state index contributed by atoms with van der Waals surface area (Å²) in [6.07, 6.45) is 0. The highest BCUT2D eigenvalue weighted by molar-refractivity contribution is 7.89. The molecule has 0 unspecified atom stereocenters. The lowest BCUT2D eigenvalue weighted by atomic mass is 10.3. The van der Waals surface area contributed by atoms with Gasteiger partial charge in [0, 0.05) is 6.61 Å². The fourth-order valence-electron chi connectivity index (χ4n) is 0.754. The Balaban J connectivity index is 4.17. The van der Waals surface area contributed by atoms with Gasteiger partial charge in [-0.1, -0.05) is 0 Å². The predicted octanol–water partition coefficient (Wildman–Crippen LogP) is -1.61. The Kier molecular flexibility index (Phi) is 6.41. The van der Waals surface area contributed by atoms with Crippen molar-refractivity contribution in [2.45, 2.75) is 13.0 Å². The molecule has 0 aromatic rings. The van der Waals surface area contributed by atoms with Crippen LogP contribution in [0.1, 0.15) is 6.92 Å². The summed E-state index contributed by atoms with van der Waals surface area (Å²) >= 11 is 0. The van der Waals surface area contributed by atoms with Crippen molar-refractivity contribution in [1.82, 2.24) is 4.72 Å². The summed E-state index contributed by atoms with van der Waals surface area (Å²) in [7, 11) is -3.73. The van der Waals surface area contributed by atoms with Gasteiger partial charge in [0.15, 0.2) is 0 Å². The molecule has 0 heterocycles. The van der Waals surface area contributed by atoms with Gasteiger partial charge in [0.1, 0.15) is 6.04 Å². The summed E-state index contributed by atoms with van der Waals surface area (Å²) in [4.78, 5) is 10.4. The van der Waals surface area contributed by atoms with Gasteiger partial charge < -0.3 is 14.9 Å². The van der Waals surface area contributed by atoms with Crippen LogP contribution in [-0.4, -0.2) is 56.2 Å². The van der Waals surface area contributed by atoms with Crippen LogP contribution in [0.5, 0.6) is 0 Å². The van der Waals surface area contributed by atoms with E-state index in [1.54, 1.807) is 6.92 Å². The number of ether oxygens (including phenoxy) is 1. The first-order valence-electron chi connectivity index (χ1n) is 4.34. The highest BCUT2D eigenvalue weighted by atomic mass is 32.2. The Morgan fingerprint density at radius 3 is 2.53 bits per heavy atom. The maximum Gasteiger partial charge on any atom is 0.324 e.